The summed E-state index contributed by atoms with van der Waals surface area (Å²) in [5.41, 5.74) is 13.4. The van der Waals surface area contributed by atoms with Gasteiger partial charge in [0.2, 0.25) is 0 Å². The second-order valence-electron chi connectivity index (χ2n) is 15.3. The molecule has 0 N–H and O–H groups in total. The van der Waals surface area contributed by atoms with Gasteiger partial charge in [-0.15, -0.1) is 0 Å². The summed E-state index contributed by atoms with van der Waals surface area (Å²) < 4.78 is 7.23. The van der Waals surface area contributed by atoms with Gasteiger partial charge in [0, 0.05) is 60.5 Å². The van der Waals surface area contributed by atoms with Crippen LogP contribution in [0.15, 0.2) is 194 Å². The molecule has 268 valence electrons. The van der Waals surface area contributed by atoms with Crippen LogP contribution in [-0.4, -0.2) is 13.7 Å². The third-order valence-electron chi connectivity index (χ3n) is 12.2. The lowest BCUT2D eigenvalue weighted by Gasteiger charge is -2.15. The normalized spacial score (nSPS) is 14.0. The Bertz CT molecular complexity index is 3480. The van der Waals surface area contributed by atoms with Crippen molar-refractivity contribution < 1.29 is 0 Å². The number of nitrogens with zero attached hydrogens (tertiary/aromatic N) is 3. The highest BCUT2D eigenvalue weighted by molar-refractivity contribution is 6.13. The summed E-state index contributed by atoms with van der Waals surface area (Å²) in [7, 11) is 0. The molecule has 0 spiro atoms. The van der Waals surface area contributed by atoms with E-state index in [0.29, 0.717) is 0 Å². The van der Waals surface area contributed by atoms with Crippen molar-refractivity contribution in [1.29, 1.82) is 0 Å². The number of fused-ring (bicyclic) bond motifs is 9. The molecule has 1 atom stereocenters. The van der Waals surface area contributed by atoms with Crippen molar-refractivity contribution in [2.75, 3.05) is 0 Å². The van der Waals surface area contributed by atoms with E-state index in [1.165, 1.54) is 98.8 Å². The molecule has 0 saturated heterocycles. The van der Waals surface area contributed by atoms with E-state index in [4.69, 9.17) is 0 Å². The van der Waals surface area contributed by atoms with Crippen LogP contribution in [0.4, 0.5) is 0 Å². The van der Waals surface area contributed by atoms with E-state index in [2.05, 4.69) is 220 Å². The fraction of sp³-hybridized carbons (Fsp3) is 0.0370. The van der Waals surface area contributed by atoms with Gasteiger partial charge in [0.05, 0.1) is 27.6 Å². The minimum absolute atomic E-state index is 0.263. The quantitative estimate of drug-likeness (QED) is 0.168. The van der Waals surface area contributed by atoms with Gasteiger partial charge in [-0.1, -0.05) is 121 Å². The molecular weight excluding hydrogens is 691 g/mol. The molecule has 3 heteroatoms. The van der Waals surface area contributed by atoms with Gasteiger partial charge in [-0.05, 0) is 108 Å². The number of rotatable bonds is 5. The molecule has 0 aliphatic heterocycles. The molecule has 11 aromatic rings. The number of para-hydroxylation sites is 5. The molecule has 1 aliphatic carbocycles. The zero-order valence-electron chi connectivity index (χ0n) is 31.3. The highest BCUT2D eigenvalue weighted by Gasteiger charge is 2.20. The number of aromatic nitrogens is 3. The standard InChI is InChI=1S/C54H37N3/c1-4-14-40(15-5-1)55-49-22-12-10-20-43(49)45-32-36(24-28-51(45)55)38-26-30-53-47(34-38)48-35-39(27-31-54(48)57(53)42-18-8-3-9-19-42)37-25-29-52-46(33-37)44-21-11-13-23-50(44)56(52)41-16-6-2-7-17-41/h1-24,26-35,37H,25H2. The monoisotopic (exact) mass is 727 g/mol. The van der Waals surface area contributed by atoms with E-state index in [0.717, 1.165) is 6.42 Å². The second-order valence-corrected chi connectivity index (χ2v) is 15.3. The molecule has 0 radical (unpaired) electrons. The average Bonchev–Trinajstić information content (AvgIpc) is 3.92. The molecule has 0 saturated carbocycles. The molecule has 57 heavy (non-hydrogen) atoms. The van der Waals surface area contributed by atoms with Crippen LogP contribution in [-0.2, 0) is 0 Å². The van der Waals surface area contributed by atoms with Crippen LogP contribution in [0, 0.1) is 0 Å². The largest absolute Gasteiger partial charge is 0.310 e. The van der Waals surface area contributed by atoms with Gasteiger partial charge in [-0.25, -0.2) is 0 Å². The topological polar surface area (TPSA) is 14.8 Å². The summed E-state index contributed by atoms with van der Waals surface area (Å²) >= 11 is 0. The van der Waals surface area contributed by atoms with Crippen LogP contribution < -0.4 is 10.6 Å². The van der Waals surface area contributed by atoms with E-state index in [9.17, 15) is 0 Å². The van der Waals surface area contributed by atoms with Crippen molar-refractivity contribution >= 4 is 66.7 Å². The Morgan fingerprint density at radius 1 is 0.351 bits per heavy atom. The van der Waals surface area contributed by atoms with Gasteiger partial charge in [-0.2, -0.15) is 0 Å². The minimum Gasteiger partial charge on any atom is -0.310 e. The lowest BCUT2D eigenvalue weighted by molar-refractivity contribution is 0.909. The number of hydrogen-bond acceptors (Lipinski definition) is 0. The van der Waals surface area contributed by atoms with E-state index in [-0.39, 0.29) is 5.92 Å². The maximum absolute atomic E-state index is 2.52. The fourth-order valence-corrected chi connectivity index (χ4v) is 9.57. The SMILES string of the molecule is C1=c2c(n(-c3ccccc3)c3ccccc23)=CCC1c1ccc2c(c1)c1cc(-c3ccc4c(c3)c3ccccc3n4-c3ccccc3)ccc1n2-c1ccccc1. The van der Waals surface area contributed by atoms with Crippen LogP contribution >= 0.6 is 0 Å². The molecule has 8 aromatic carbocycles. The van der Waals surface area contributed by atoms with Crippen molar-refractivity contribution in [3.8, 4) is 28.2 Å². The maximum atomic E-state index is 2.52. The Labute approximate surface area is 329 Å². The predicted molar refractivity (Wildman–Crippen MR) is 239 cm³/mol. The highest BCUT2D eigenvalue weighted by atomic mass is 15.0. The van der Waals surface area contributed by atoms with Crippen LogP contribution in [0.2, 0.25) is 0 Å². The van der Waals surface area contributed by atoms with Crippen LogP contribution in [0.1, 0.15) is 17.9 Å². The zero-order chi connectivity index (χ0) is 37.5. The smallest absolute Gasteiger partial charge is 0.0541 e. The van der Waals surface area contributed by atoms with Crippen molar-refractivity contribution in [1.82, 2.24) is 13.7 Å². The van der Waals surface area contributed by atoms with E-state index >= 15 is 0 Å². The Balaban J connectivity index is 1.04. The van der Waals surface area contributed by atoms with Gasteiger partial charge in [0.25, 0.3) is 0 Å². The zero-order valence-corrected chi connectivity index (χ0v) is 31.3. The molecule has 0 fully saturated rings. The first-order valence-corrected chi connectivity index (χ1v) is 19.9. The highest BCUT2D eigenvalue weighted by Crippen LogP contribution is 2.39. The summed E-state index contributed by atoms with van der Waals surface area (Å²) in [6.45, 7) is 0. The summed E-state index contributed by atoms with van der Waals surface area (Å²) in [6.07, 6.45) is 5.91. The van der Waals surface area contributed by atoms with Crippen LogP contribution in [0.3, 0.4) is 0 Å². The fourth-order valence-electron chi connectivity index (χ4n) is 9.57. The molecular formula is C54H37N3. The van der Waals surface area contributed by atoms with Crippen molar-refractivity contribution in [2.45, 2.75) is 12.3 Å². The lowest BCUT2D eigenvalue weighted by Crippen LogP contribution is -2.31. The number of hydrogen-bond donors (Lipinski definition) is 0. The van der Waals surface area contributed by atoms with E-state index < -0.39 is 0 Å². The average molecular weight is 728 g/mol. The Kier molecular flexibility index (Phi) is 7.05. The second kappa shape index (κ2) is 12.6. The Hall–Kier alpha value is -7.36. The summed E-state index contributed by atoms with van der Waals surface area (Å²) in [5.74, 6) is 0.263. The van der Waals surface area contributed by atoms with Crippen molar-refractivity contribution in [3.05, 3.63) is 210 Å². The van der Waals surface area contributed by atoms with Crippen LogP contribution in [0.25, 0.3) is 94.9 Å². The Morgan fingerprint density at radius 2 is 0.789 bits per heavy atom. The van der Waals surface area contributed by atoms with Crippen molar-refractivity contribution in [2.24, 2.45) is 0 Å². The van der Waals surface area contributed by atoms with Gasteiger partial charge in [0.15, 0.2) is 0 Å². The Morgan fingerprint density at radius 3 is 1.39 bits per heavy atom. The van der Waals surface area contributed by atoms with E-state index in [1.54, 1.807) is 0 Å². The van der Waals surface area contributed by atoms with E-state index in [1.807, 2.05) is 0 Å². The molecule has 0 amide bonds. The van der Waals surface area contributed by atoms with Gasteiger partial charge in [0.1, 0.15) is 0 Å². The molecule has 1 aliphatic rings. The molecule has 3 aromatic heterocycles. The van der Waals surface area contributed by atoms with Crippen molar-refractivity contribution in [3.63, 3.8) is 0 Å². The maximum Gasteiger partial charge on any atom is 0.0541 e. The van der Waals surface area contributed by atoms with Gasteiger partial charge >= 0.3 is 0 Å². The van der Waals surface area contributed by atoms with Crippen LogP contribution in [0.5, 0.6) is 0 Å². The van der Waals surface area contributed by atoms with Gasteiger partial charge < -0.3 is 13.7 Å². The first kappa shape index (κ1) is 31.9. The third kappa shape index (κ3) is 4.92. The lowest BCUT2D eigenvalue weighted by atomic mass is 9.90. The minimum atomic E-state index is 0.263. The molecule has 0 bridgehead atoms. The molecule has 3 nitrogen and oxygen atoms in total. The first-order chi connectivity index (χ1) is 28.3. The summed E-state index contributed by atoms with van der Waals surface area (Å²) in [4.78, 5) is 0. The molecule has 3 heterocycles. The molecule has 12 rings (SSSR count). The number of benzene rings is 8. The first-order valence-electron chi connectivity index (χ1n) is 19.9. The molecule has 1 unspecified atom stereocenters. The van der Waals surface area contributed by atoms with Gasteiger partial charge in [-0.3, -0.25) is 0 Å². The third-order valence-corrected chi connectivity index (χ3v) is 12.2. The predicted octanol–water partition coefficient (Wildman–Crippen LogP) is 12.2. The summed E-state index contributed by atoms with van der Waals surface area (Å²) in [5, 5.41) is 8.98. The summed E-state index contributed by atoms with van der Waals surface area (Å²) in [6, 6.07) is 71.0.